The molecule has 10 nitrogen and oxygen atoms in total. The van der Waals surface area contributed by atoms with Gasteiger partial charge in [-0.1, -0.05) is 127 Å². The van der Waals surface area contributed by atoms with Crippen LogP contribution < -0.4 is 5.73 Å². The highest BCUT2D eigenvalue weighted by Crippen LogP contribution is 2.43. The highest BCUT2D eigenvalue weighted by atomic mass is 31.2. The molecule has 3 unspecified atom stereocenters. The van der Waals surface area contributed by atoms with E-state index in [2.05, 4.69) is 67.0 Å². The van der Waals surface area contributed by atoms with E-state index >= 15 is 0 Å². The normalized spacial score (nSPS) is 14.6. The summed E-state index contributed by atoms with van der Waals surface area (Å²) in [4.78, 5) is 33.4. The molecule has 0 amide bonds. The van der Waals surface area contributed by atoms with Crippen molar-refractivity contribution in [1.82, 2.24) is 0 Å². The molecule has 51 heavy (non-hydrogen) atoms. The molecular weight excluding hydrogens is 669 g/mol. The summed E-state index contributed by atoms with van der Waals surface area (Å²) in [6.07, 6.45) is 40.2. The number of hydrogen-bond donors (Lipinski definition) is 3. The molecule has 0 aliphatic rings. The predicted octanol–water partition coefficient (Wildman–Crippen LogP) is 10.3. The Hall–Kier alpha value is -2.07. The van der Waals surface area contributed by atoms with E-state index in [0.29, 0.717) is 13.0 Å². The van der Waals surface area contributed by atoms with E-state index in [1.54, 1.807) is 0 Å². The summed E-state index contributed by atoms with van der Waals surface area (Å²) in [6.45, 7) is 3.69. The van der Waals surface area contributed by atoms with Gasteiger partial charge in [-0.25, -0.2) is 4.57 Å². The number of carboxylic acid groups (broad SMARTS) is 1. The first-order valence-electron chi connectivity index (χ1n) is 19.7. The number of esters is 1. The predicted molar refractivity (Wildman–Crippen MR) is 208 cm³/mol. The third-order valence-corrected chi connectivity index (χ3v) is 9.04. The van der Waals surface area contributed by atoms with Crippen molar-refractivity contribution in [2.45, 2.75) is 167 Å². The number of rotatable bonds is 37. The van der Waals surface area contributed by atoms with Crippen molar-refractivity contribution in [3.63, 3.8) is 0 Å². The van der Waals surface area contributed by atoms with Gasteiger partial charge in [-0.05, 0) is 70.6 Å². The monoisotopic (exact) mass is 741 g/mol. The molecule has 0 saturated heterocycles. The van der Waals surface area contributed by atoms with Gasteiger partial charge in [0.05, 0.1) is 19.8 Å². The van der Waals surface area contributed by atoms with E-state index in [9.17, 15) is 19.0 Å². The lowest BCUT2D eigenvalue weighted by atomic mass is 10.1. The van der Waals surface area contributed by atoms with Crippen LogP contribution in [0.4, 0.5) is 0 Å². The summed E-state index contributed by atoms with van der Waals surface area (Å²) >= 11 is 0. The van der Waals surface area contributed by atoms with E-state index in [1.165, 1.54) is 64.2 Å². The van der Waals surface area contributed by atoms with Gasteiger partial charge in [0.1, 0.15) is 12.1 Å². The highest BCUT2D eigenvalue weighted by molar-refractivity contribution is 7.47. The fraction of sp³-hybridized carbons (Fsp3) is 0.750. The van der Waals surface area contributed by atoms with Crippen molar-refractivity contribution in [3.8, 4) is 0 Å². The van der Waals surface area contributed by atoms with Crippen molar-refractivity contribution in [2.24, 2.45) is 5.73 Å². The van der Waals surface area contributed by atoms with Gasteiger partial charge in [0.25, 0.3) is 0 Å². The van der Waals surface area contributed by atoms with E-state index in [0.717, 1.165) is 64.2 Å². The molecule has 0 saturated carbocycles. The Bertz CT molecular complexity index is 998. The second kappa shape index (κ2) is 36.3. The number of phosphoric acid groups is 1. The molecule has 4 N–H and O–H groups in total. The summed E-state index contributed by atoms with van der Waals surface area (Å²) in [7, 11) is -4.62. The fourth-order valence-electron chi connectivity index (χ4n) is 5.02. The van der Waals surface area contributed by atoms with Gasteiger partial charge in [0.15, 0.2) is 0 Å². The number of carbonyl (C=O) groups excluding carboxylic acids is 1. The smallest absolute Gasteiger partial charge is 0.472 e. The Morgan fingerprint density at radius 1 is 0.647 bits per heavy atom. The molecule has 0 aromatic heterocycles. The lowest BCUT2D eigenvalue weighted by Gasteiger charge is -2.20. The Balaban J connectivity index is 4.34. The van der Waals surface area contributed by atoms with Crippen molar-refractivity contribution in [3.05, 3.63) is 48.6 Å². The molecule has 0 rings (SSSR count). The molecule has 0 heterocycles. The van der Waals surface area contributed by atoms with Crippen LogP contribution in [0, 0.1) is 0 Å². The summed E-state index contributed by atoms with van der Waals surface area (Å²) in [6, 6.07) is -1.48. The molecule has 0 bridgehead atoms. The largest absolute Gasteiger partial charge is 0.480 e. The fourth-order valence-corrected chi connectivity index (χ4v) is 5.80. The van der Waals surface area contributed by atoms with Crippen LogP contribution in [0.1, 0.15) is 155 Å². The Kier molecular flexibility index (Phi) is 34.8. The maximum Gasteiger partial charge on any atom is 0.472 e. The standard InChI is InChI=1S/C40H72NO9P/c1-3-5-7-9-11-13-15-17-18-19-21-23-25-27-29-31-33-47-34-37(35-48-51(45,46)49-36-38(41)40(43)44)50-39(42)32-30-28-26-24-22-20-16-14-12-10-8-6-4-2/h6,8,12,14,17-18,20,22,37-38H,3-5,7,9-11,13,15-16,19,21,23-36,41H2,1-2H3,(H,43,44)(H,45,46)/b8-6-,14-12-,18-17-,22-20-. The molecule has 0 aliphatic carbocycles. The first-order valence-corrected chi connectivity index (χ1v) is 21.2. The zero-order chi connectivity index (χ0) is 37.7. The molecule has 11 heteroatoms. The lowest BCUT2D eigenvalue weighted by molar-refractivity contribution is -0.154. The minimum Gasteiger partial charge on any atom is -0.480 e. The average Bonchev–Trinajstić information content (AvgIpc) is 3.10. The van der Waals surface area contributed by atoms with Gasteiger partial charge >= 0.3 is 19.8 Å². The van der Waals surface area contributed by atoms with Gasteiger partial charge in [-0.15, -0.1) is 0 Å². The van der Waals surface area contributed by atoms with E-state index in [1.807, 2.05) is 0 Å². The molecule has 0 aromatic carbocycles. The maximum absolute atomic E-state index is 12.6. The zero-order valence-corrected chi connectivity index (χ0v) is 32.8. The first-order chi connectivity index (χ1) is 24.7. The first kappa shape index (κ1) is 48.9. The molecule has 0 aromatic rings. The lowest BCUT2D eigenvalue weighted by Crippen LogP contribution is -2.34. The van der Waals surface area contributed by atoms with Crippen LogP contribution in [-0.2, 0) is 32.7 Å². The number of ether oxygens (including phenoxy) is 2. The maximum atomic E-state index is 12.6. The molecule has 0 radical (unpaired) electrons. The number of carboxylic acids is 1. The zero-order valence-electron chi connectivity index (χ0n) is 31.9. The quantitative estimate of drug-likeness (QED) is 0.0242. The number of nitrogens with two attached hydrogens (primary N) is 1. The van der Waals surface area contributed by atoms with E-state index < -0.39 is 45.1 Å². The van der Waals surface area contributed by atoms with Crippen molar-refractivity contribution in [1.29, 1.82) is 0 Å². The summed E-state index contributed by atoms with van der Waals surface area (Å²) < 4.78 is 33.2. The van der Waals surface area contributed by atoms with Crippen LogP contribution >= 0.6 is 7.82 Å². The van der Waals surface area contributed by atoms with Gasteiger partial charge < -0.3 is 25.2 Å². The van der Waals surface area contributed by atoms with Crippen molar-refractivity contribution < 1.29 is 42.7 Å². The van der Waals surface area contributed by atoms with E-state index in [4.69, 9.17) is 24.8 Å². The number of unbranched alkanes of at least 4 members (excludes halogenated alkanes) is 15. The summed E-state index contributed by atoms with van der Waals surface area (Å²) in [5, 5.41) is 8.87. The van der Waals surface area contributed by atoms with Gasteiger partial charge in [0, 0.05) is 13.0 Å². The topological polar surface area (TPSA) is 155 Å². The van der Waals surface area contributed by atoms with Gasteiger partial charge in [0.2, 0.25) is 0 Å². The number of hydrogen-bond acceptors (Lipinski definition) is 8. The average molecular weight is 742 g/mol. The third kappa shape index (κ3) is 36.1. The minimum atomic E-state index is -4.62. The second-order valence-electron chi connectivity index (χ2n) is 13.0. The molecular formula is C40H72NO9P. The molecule has 0 aliphatic heterocycles. The molecule has 0 fully saturated rings. The van der Waals surface area contributed by atoms with Crippen LogP contribution in [0.15, 0.2) is 48.6 Å². The van der Waals surface area contributed by atoms with Gasteiger partial charge in [-0.2, -0.15) is 0 Å². The Labute approximate surface area is 309 Å². The number of phosphoric ester groups is 1. The Morgan fingerprint density at radius 3 is 1.73 bits per heavy atom. The van der Waals surface area contributed by atoms with Crippen LogP contribution in [-0.4, -0.2) is 60.5 Å². The summed E-state index contributed by atoms with van der Waals surface area (Å²) in [5.41, 5.74) is 5.34. The Morgan fingerprint density at radius 2 is 1.14 bits per heavy atom. The third-order valence-electron chi connectivity index (χ3n) is 8.09. The molecule has 3 atom stereocenters. The molecule has 0 spiro atoms. The highest BCUT2D eigenvalue weighted by Gasteiger charge is 2.27. The minimum absolute atomic E-state index is 0.000410. The van der Waals surface area contributed by atoms with Crippen LogP contribution in [0.25, 0.3) is 0 Å². The number of allylic oxidation sites excluding steroid dienone is 8. The second-order valence-corrected chi connectivity index (χ2v) is 14.5. The van der Waals surface area contributed by atoms with Crippen molar-refractivity contribution >= 4 is 19.8 Å². The number of carbonyl (C=O) groups is 2. The van der Waals surface area contributed by atoms with Gasteiger partial charge in [-0.3, -0.25) is 18.6 Å². The van der Waals surface area contributed by atoms with E-state index in [-0.39, 0.29) is 13.0 Å². The SMILES string of the molecule is CC/C=C\C/C=C\C/C=C\CCCCCC(=O)OC(COCCCCCCCC/C=C\CCCCCCCC)COP(=O)(O)OCC(N)C(=O)O. The molecule has 296 valence electrons. The van der Waals surface area contributed by atoms with Crippen LogP contribution in [0.3, 0.4) is 0 Å². The number of aliphatic carboxylic acids is 1. The summed E-state index contributed by atoms with van der Waals surface area (Å²) in [5.74, 6) is -1.82. The van der Waals surface area contributed by atoms with Crippen LogP contribution in [0.5, 0.6) is 0 Å². The van der Waals surface area contributed by atoms with Crippen LogP contribution in [0.2, 0.25) is 0 Å². The van der Waals surface area contributed by atoms with Crippen molar-refractivity contribution in [2.75, 3.05) is 26.4 Å².